The number of nitrogens with zero attached hydrogens (tertiary/aromatic N) is 7. The third-order valence-corrected chi connectivity index (χ3v) is 12.6. The lowest BCUT2D eigenvalue weighted by atomic mass is 9.71. The van der Waals surface area contributed by atoms with Crippen LogP contribution in [0.2, 0.25) is 0 Å². The van der Waals surface area contributed by atoms with Crippen LogP contribution in [0.5, 0.6) is 5.75 Å². The van der Waals surface area contributed by atoms with Crippen molar-refractivity contribution in [2.24, 2.45) is 11.3 Å². The monoisotopic (exact) mass is 797 g/mol. The van der Waals surface area contributed by atoms with Crippen molar-refractivity contribution in [3.63, 3.8) is 0 Å². The van der Waals surface area contributed by atoms with Gasteiger partial charge in [0.1, 0.15) is 23.3 Å². The van der Waals surface area contributed by atoms with Gasteiger partial charge in [-0.25, -0.2) is 23.5 Å². The zero-order valence-corrected chi connectivity index (χ0v) is 32.8. The summed E-state index contributed by atoms with van der Waals surface area (Å²) in [6.07, 6.45) is 12.2. The maximum Gasteiger partial charge on any atom is 0.328 e. The van der Waals surface area contributed by atoms with Gasteiger partial charge in [0.05, 0.1) is 35.3 Å². The SMILES string of the molecule is CC(C)Oc1cc2nc([C@H]3CC[C@H](CN4CC5(CCN(c6ncc(N7CCC(=O)NC7=O)cc6F)CC5)C4)CC3)cn2cc1C(=O)Nc1cccn([C@H]2C[C@H]2F)c1=O. The highest BCUT2D eigenvalue weighted by Gasteiger charge is 2.46. The Kier molecular flexibility index (Phi) is 9.93. The number of nitrogens with one attached hydrogen (secondary N) is 2. The zero-order valence-electron chi connectivity index (χ0n) is 32.8. The number of rotatable bonds is 10. The molecule has 0 unspecified atom stereocenters. The molecule has 16 heteroatoms. The van der Waals surface area contributed by atoms with E-state index in [2.05, 4.69) is 20.5 Å². The smallest absolute Gasteiger partial charge is 0.328 e. The van der Waals surface area contributed by atoms with Crippen molar-refractivity contribution in [2.75, 3.05) is 54.4 Å². The fraction of sp³-hybridized carbons (Fsp3) is 0.524. The highest BCUT2D eigenvalue weighted by atomic mass is 19.1. The summed E-state index contributed by atoms with van der Waals surface area (Å²) in [5.41, 5.74) is 2.20. The molecule has 2 aliphatic carbocycles. The summed E-state index contributed by atoms with van der Waals surface area (Å²) in [6.45, 7) is 8.62. The zero-order chi connectivity index (χ0) is 40.3. The number of carbonyl (C=O) groups excluding carboxylic acids is 3. The first kappa shape index (κ1) is 38.2. The van der Waals surface area contributed by atoms with Gasteiger partial charge in [-0.1, -0.05) is 0 Å². The number of ether oxygens (including phenoxy) is 1. The predicted octanol–water partition coefficient (Wildman–Crippen LogP) is 5.68. The number of pyridine rings is 3. The molecule has 2 atom stereocenters. The van der Waals surface area contributed by atoms with Crippen LogP contribution in [-0.2, 0) is 4.79 Å². The first-order chi connectivity index (χ1) is 27.9. The van der Waals surface area contributed by atoms with Gasteiger partial charge < -0.3 is 28.8 Å². The minimum Gasteiger partial charge on any atom is -0.490 e. The standard InChI is InChI=1S/C42H49F2N9O5/c1-25(2)58-35-18-36-46-33(22-51(36)21-29(35)39(55)47-32-4-3-12-53(40(32)56)34-17-30(34)43)27-7-5-26(6-8-27)20-49-23-42(24-49)10-14-50(15-11-42)38-31(44)16-28(19-45-38)52-13-9-37(54)48-41(52)57/h3-4,12,16,18-19,21-22,25-27,30,34H,5-11,13-15,17,20,23-24H2,1-2H3,(H,47,55)(H,48,54,57)/t26-,27-,30-,34+/m1/s1. The average Bonchev–Trinajstić information content (AvgIpc) is 3.76. The normalized spacial score (nSPS) is 24.6. The van der Waals surface area contributed by atoms with Gasteiger partial charge in [0.25, 0.3) is 11.5 Å². The molecule has 3 saturated heterocycles. The molecule has 2 N–H and O–H groups in total. The molecule has 5 fully saturated rings. The molecule has 5 aliphatic rings. The molecule has 4 amide bonds. The van der Waals surface area contributed by atoms with Crippen LogP contribution in [0.25, 0.3) is 5.65 Å². The van der Waals surface area contributed by atoms with Crippen LogP contribution < -0.4 is 30.7 Å². The molecule has 4 aromatic rings. The van der Waals surface area contributed by atoms with Crippen molar-refractivity contribution in [3.05, 3.63) is 76.5 Å². The molecule has 9 rings (SSSR count). The first-order valence-corrected chi connectivity index (χ1v) is 20.5. The molecule has 58 heavy (non-hydrogen) atoms. The highest BCUT2D eigenvalue weighted by molar-refractivity contribution is 6.06. The Bertz CT molecular complexity index is 2310. The highest BCUT2D eigenvalue weighted by Crippen LogP contribution is 2.44. The van der Waals surface area contributed by atoms with Crippen molar-refractivity contribution in [2.45, 2.75) is 89.4 Å². The van der Waals surface area contributed by atoms with Crippen LogP contribution in [0, 0.1) is 17.2 Å². The number of alkyl halides is 1. The molecule has 7 heterocycles. The van der Waals surface area contributed by atoms with E-state index in [-0.39, 0.29) is 41.6 Å². The molecule has 0 bridgehead atoms. The van der Waals surface area contributed by atoms with Gasteiger partial charge in [0.2, 0.25) is 5.91 Å². The maximum atomic E-state index is 15.2. The Morgan fingerprint density at radius 2 is 1.83 bits per heavy atom. The van der Waals surface area contributed by atoms with Gasteiger partial charge in [-0.2, -0.15) is 0 Å². The fourth-order valence-electron chi connectivity index (χ4n) is 9.41. The van der Waals surface area contributed by atoms with Crippen molar-refractivity contribution >= 4 is 40.7 Å². The topological polar surface area (TPSA) is 146 Å². The van der Waals surface area contributed by atoms with Crippen molar-refractivity contribution < 1.29 is 27.9 Å². The van der Waals surface area contributed by atoms with E-state index in [4.69, 9.17) is 9.72 Å². The summed E-state index contributed by atoms with van der Waals surface area (Å²) >= 11 is 0. The van der Waals surface area contributed by atoms with Crippen LogP contribution in [0.15, 0.2) is 53.8 Å². The van der Waals surface area contributed by atoms with Crippen LogP contribution in [-0.4, -0.2) is 93.2 Å². The summed E-state index contributed by atoms with van der Waals surface area (Å²) in [4.78, 5) is 65.6. The van der Waals surface area contributed by atoms with Gasteiger partial charge in [0, 0.05) is 88.8 Å². The number of amides is 4. The second-order valence-corrected chi connectivity index (χ2v) is 17.2. The molecular weight excluding hydrogens is 749 g/mol. The van der Waals surface area contributed by atoms with Crippen LogP contribution in [0.4, 0.5) is 30.8 Å². The number of likely N-dealkylation sites (tertiary alicyclic amines) is 1. The van der Waals surface area contributed by atoms with E-state index in [0.29, 0.717) is 41.2 Å². The average molecular weight is 798 g/mol. The van der Waals surface area contributed by atoms with Crippen molar-refractivity contribution in [1.82, 2.24) is 29.2 Å². The number of imidazole rings is 1. The van der Waals surface area contributed by atoms with E-state index < -0.39 is 35.5 Å². The fourth-order valence-corrected chi connectivity index (χ4v) is 9.41. The summed E-state index contributed by atoms with van der Waals surface area (Å²) in [6, 6.07) is 5.23. The number of piperidine rings is 1. The number of hydrogen-bond acceptors (Lipinski definition) is 9. The molecule has 2 saturated carbocycles. The second kappa shape index (κ2) is 15.1. The van der Waals surface area contributed by atoms with Crippen LogP contribution >= 0.6 is 0 Å². The Hall–Kier alpha value is -5.38. The van der Waals surface area contributed by atoms with Crippen molar-refractivity contribution in [3.8, 4) is 5.75 Å². The number of anilines is 3. The Morgan fingerprint density at radius 1 is 1.07 bits per heavy atom. The number of fused-ring (bicyclic) bond motifs is 1. The molecule has 0 aromatic carbocycles. The molecule has 3 aliphatic heterocycles. The lowest BCUT2D eigenvalue weighted by Gasteiger charge is -2.55. The van der Waals surface area contributed by atoms with Gasteiger partial charge in [-0.05, 0) is 75.8 Å². The van der Waals surface area contributed by atoms with E-state index in [1.54, 1.807) is 24.5 Å². The number of hydrogen-bond donors (Lipinski definition) is 2. The molecule has 306 valence electrons. The quantitative estimate of drug-likeness (QED) is 0.207. The lowest BCUT2D eigenvalue weighted by molar-refractivity contribution is -0.120. The molecule has 1 spiro atoms. The summed E-state index contributed by atoms with van der Waals surface area (Å²) in [5.74, 6) is 0.323. The van der Waals surface area contributed by atoms with E-state index in [1.165, 1.54) is 27.8 Å². The van der Waals surface area contributed by atoms with Crippen LogP contribution in [0.1, 0.15) is 93.2 Å². The van der Waals surface area contributed by atoms with Crippen molar-refractivity contribution in [1.29, 1.82) is 0 Å². The van der Waals surface area contributed by atoms with Gasteiger partial charge >= 0.3 is 6.03 Å². The van der Waals surface area contributed by atoms with Gasteiger partial charge in [-0.15, -0.1) is 0 Å². The lowest BCUT2D eigenvalue weighted by Crippen LogP contribution is -2.61. The number of aromatic nitrogens is 4. The maximum absolute atomic E-state index is 15.2. The summed E-state index contributed by atoms with van der Waals surface area (Å²) < 4.78 is 38.2. The third-order valence-electron chi connectivity index (χ3n) is 12.6. The number of imide groups is 1. The van der Waals surface area contributed by atoms with E-state index in [9.17, 15) is 23.6 Å². The number of urea groups is 1. The van der Waals surface area contributed by atoms with Gasteiger partial charge in [0.15, 0.2) is 11.6 Å². The molecular formula is C42H49F2N9O5. The third kappa shape index (κ3) is 7.53. The number of carbonyl (C=O) groups is 3. The molecule has 0 radical (unpaired) electrons. The Balaban J connectivity index is 0.775. The number of halogens is 2. The largest absolute Gasteiger partial charge is 0.490 e. The van der Waals surface area contributed by atoms with E-state index >= 15 is 4.39 Å². The summed E-state index contributed by atoms with van der Waals surface area (Å²) in [7, 11) is 0. The van der Waals surface area contributed by atoms with Gasteiger partial charge in [-0.3, -0.25) is 24.6 Å². The predicted molar refractivity (Wildman–Crippen MR) is 213 cm³/mol. The Labute approximate surface area is 334 Å². The second-order valence-electron chi connectivity index (χ2n) is 17.2. The van der Waals surface area contributed by atoms with Crippen LogP contribution in [0.3, 0.4) is 0 Å². The Morgan fingerprint density at radius 3 is 2.52 bits per heavy atom. The minimum atomic E-state index is -1.05. The minimum absolute atomic E-state index is 0.0877. The molecule has 4 aromatic heterocycles. The summed E-state index contributed by atoms with van der Waals surface area (Å²) in [5, 5.41) is 5.00. The van der Waals surface area contributed by atoms with E-state index in [1.807, 2.05) is 29.3 Å². The first-order valence-electron chi connectivity index (χ1n) is 20.5. The molecule has 14 nitrogen and oxygen atoms in total. The van der Waals surface area contributed by atoms with E-state index in [0.717, 1.165) is 76.9 Å².